The number of aromatic nitrogens is 1. The number of hydrogen-bond acceptors (Lipinski definition) is 3. The third-order valence-electron chi connectivity index (χ3n) is 5.13. The van der Waals surface area contributed by atoms with E-state index in [1.54, 1.807) is 18.2 Å². The average Bonchev–Trinajstić information content (AvgIpc) is 3.20. The van der Waals surface area contributed by atoms with Crippen LogP contribution in [0.5, 0.6) is 0 Å². The first-order valence-electron chi connectivity index (χ1n) is 9.25. The zero-order valence-electron chi connectivity index (χ0n) is 15.0. The van der Waals surface area contributed by atoms with Crippen LogP contribution in [0.4, 0.5) is 0 Å². The van der Waals surface area contributed by atoms with Gasteiger partial charge in [0.25, 0.3) is 5.91 Å². The van der Waals surface area contributed by atoms with Crippen molar-refractivity contribution in [1.29, 1.82) is 0 Å². The fourth-order valence-corrected chi connectivity index (χ4v) is 3.70. The number of nitrogens with zero attached hydrogens (tertiary/aromatic N) is 2. The first-order chi connectivity index (χ1) is 13.2. The molecule has 0 aliphatic carbocycles. The summed E-state index contributed by atoms with van der Waals surface area (Å²) in [6.07, 6.45) is 3.11. The predicted octanol–water partition coefficient (Wildman–Crippen LogP) is 5.09. The fourth-order valence-electron chi connectivity index (χ4n) is 3.58. The predicted molar refractivity (Wildman–Crippen MR) is 106 cm³/mol. The largest absolute Gasteiger partial charge is 0.355 e. The van der Waals surface area contributed by atoms with Crippen molar-refractivity contribution in [2.45, 2.75) is 19.3 Å². The highest BCUT2D eigenvalue weighted by molar-refractivity contribution is 6.30. The summed E-state index contributed by atoms with van der Waals surface area (Å²) < 4.78 is 5.36. The van der Waals surface area contributed by atoms with Crippen LogP contribution in [-0.4, -0.2) is 29.1 Å². The van der Waals surface area contributed by atoms with Crippen molar-refractivity contribution in [3.63, 3.8) is 0 Å². The lowest BCUT2D eigenvalue weighted by Crippen LogP contribution is -2.39. The molecule has 4 nitrogen and oxygen atoms in total. The molecule has 1 aromatic heterocycles. The maximum atomic E-state index is 12.7. The molecule has 3 aromatic rings. The Labute approximate surface area is 163 Å². The van der Waals surface area contributed by atoms with Gasteiger partial charge in [0.1, 0.15) is 0 Å². The molecule has 1 fully saturated rings. The number of hydrogen-bond donors (Lipinski definition) is 0. The van der Waals surface area contributed by atoms with Crippen molar-refractivity contribution < 1.29 is 9.32 Å². The van der Waals surface area contributed by atoms with Crippen molar-refractivity contribution in [2.24, 2.45) is 5.92 Å². The van der Waals surface area contributed by atoms with Gasteiger partial charge < -0.3 is 9.42 Å². The third-order valence-corrected chi connectivity index (χ3v) is 5.38. The maximum absolute atomic E-state index is 12.7. The van der Waals surface area contributed by atoms with Gasteiger partial charge >= 0.3 is 0 Å². The summed E-state index contributed by atoms with van der Waals surface area (Å²) in [7, 11) is 0. The molecule has 1 aliphatic heterocycles. The number of carbonyl (C=O) groups excluding carboxylic acids is 1. The molecule has 2 heterocycles. The Hall–Kier alpha value is -2.59. The summed E-state index contributed by atoms with van der Waals surface area (Å²) >= 11 is 5.91. The smallest absolute Gasteiger partial charge is 0.276 e. The molecule has 1 saturated heterocycles. The van der Waals surface area contributed by atoms with E-state index in [1.807, 2.05) is 23.1 Å². The molecular formula is C22H21ClN2O2. The van der Waals surface area contributed by atoms with E-state index in [4.69, 9.17) is 16.1 Å². The van der Waals surface area contributed by atoms with Crippen molar-refractivity contribution in [1.82, 2.24) is 10.1 Å². The van der Waals surface area contributed by atoms with Gasteiger partial charge in [-0.25, -0.2) is 0 Å². The highest BCUT2D eigenvalue weighted by Gasteiger charge is 2.26. The summed E-state index contributed by atoms with van der Waals surface area (Å²) in [5, 5.41) is 4.64. The topological polar surface area (TPSA) is 46.3 Å². The number of piperidine rings is 1. The van der Waals surface area contributed by atoms with Crippen molar-refractivity contribution in [3.05, 3.63) is 76.9 Å². The zero-order valence-corrected chi connectivity index (χ0v) is 15.7. The molecule has 0 radical (unpaired) electrons. The van der Waals surface area contributed by atoms with Crippen LogP contribution < -0.4 is 0 Å². The van der Waals surface area contributed by atoms with Gasteiger partial charge in [-0.05, 0) is 55.0 Å². The number of carbonyl (C=O) groups is 1. The van der Waals surface area contributed by atoms with E-state index in [0.717, 1.165) is 37.9 Å². The Kier molecular flexibility index (Phi) is 5.26. The second-order valence-corrected chi connectivity index (χ2v) is 7.45. The van der Waals surface area contributed by atoms with Crippen LogP contribution in [0.3, 0.4) is 0 Å². The van der Waals surface area contributed by atoms with Crippen molar-refractivity contribution in [3.8, 4) is 11.3 Å². The monoisotopic (exact) mass is 380 g/mol. The molecule has 0 saturated carbocycles. The van der Waals surface area contributed by atoms with E-state index in [0.29, 0.717) is 22.4 Å². The van der Waals surface area contributed by atoms with Gasteiger partial charge in [-0.3, -0.25) is 4.79 Å². The first-order valence-corrected chi connectivity index (χ1v) is 9.63. The van der Waals surface area contributed by atoms with Crippen LogP contribution in [0.2, 0.25) is 5.02 Å². The fraction of sp³-hybridized carbons (Fsp3) is 0.273. The number of amides is 1. The summed E-state index contributed by atoms with van der Waals surface area (Å²) in [6.45, 7) is 1.53. The number of halogens is 1. The standard InChI is InChI=1S/C22H21ClN2O2/c23-19-8-6-18(7-9-19)21-15-20(24-27-21)22(26)25-12-10-17(11-13-25)14-16-4-2-1-3-5-16/h1-9,15,17H,10-14H2. The summed E-state index contributed by atoms with van der Waals surface area (Å²) in [5.41, 5.74) is 2.58. The Morgan fingerprint density at radius 1 is 1.07 bits per heavy atom. The zero-order chi connectivity index (χ0) is 18.6. The molecule has 138 valence electrons. The first kappa shape index (κ1) is 17.8. The Morgan fingerprint density at radius 3 is 2.48 bits per heavy atom. The summed E-state index contributed by atoms with van der Waals surface area (Å²) in [4.78, 5) is 14.6. The van der Waals surface area contributed by atoms with Gasteiger partial charge in [0.2, 0.25) is 0 Å². The normalized spacial score (nSPS) is 15.1. The van der Waals surface area contributed by atoms with E-state index in [-0.39, 0.29) is 5.91 Å². The summed E-state index contributed by atoms with van der Waals surface area (Å²) in [6, 6.07) is 19.5. The van der Waals surface area contributed by atoms with Gasteiger partial charge in [-0.2, -0.15) is 0 Å². The molecule has 4 rings (SSSR count). The third kappa shape index (κ3) is 4.22. The lowest BCUT2D eigenvalue weighted by Gasteiger charge is -2.31. The van der Waals surface area contributed by atoms with Gasteiger partial charge in [0.05, 0.1) is 0 Å². The highest BCUT2D eigenvalue weighted by Crippen LogP contribution is 2.25. The lowest BCUT2D eigenvalue weighted by molar-refractivity contribution is 0.0680. The molecule has 5 heteroatoms. The van der Waals surface area contributed by atoms with Crippen LogP contribution in [0.15, 0.2) is 65.2 Å². The van der Waals surface area contributed by atoms with Gasteiger partial charge in [-0.1, -0.05) is 47.1 Å². The van der Waals surface area contributed by atoms with E-state index in [2.05, 4.69) is 29.4 Å². The molecule has 0 N–H and O–H groups in total. The minimum Gasteiger partial charge on any atom is -0.355 e. The SMILES string of the molecule is O=C(c1cc(-c2ccc(Cl)cc2)on1)N1CCC(Cc2ccccc2)CC1. The van der Waals surface area contributed by atoms with Crippen molar-refractivity contribution in [2.75, 3.05) is 13.1 Å². The van der Waals surface area contributed by atoms with Gasteiger partial charge in [0, 0.05) is 29.7 Å². The number of benzene rings is 2. The lowest BCUT2D eigenvalue weighted by atomic mass is 9.90. The molecule has 0 unspecified atom stereocenters. The molecule has 0 atom stereocenters. The summed E-state index contributed by atoms with van der Waals surface area (Å²) in [5.74, 6) is 1.14. The average molecular weight is 381 g/mol. The number of rotatable bonds is 4. The Balaban J connectivity index is 1.36. The Morgan fingerprint density at radius 2 is 1.78 bits per heavy atom. The quantitative estimate of drug-likeness (QED) is 0.633. The maximum Gasteiger partial charge on any atom is 0.276 e. The minimum absolute atomic E-state index is 0.0582. The highest BCUT2D eigenvalue weighted by atomic mass is 35.5. The molecule has 27 heavy (non-hydrogen) atoms. The van der Waals surface area contributed by atoms with Crippen LogP contribution in [-0.2, 0) is 6.42 Å². The molecule has 1 aliphatic rings. The molecule has 1 amide bonds. The van der Waals surface area contributed by atoms with E-state index in [9.17, 15) is 4.79 Å². The molecule has 0 bridgehead atoms. The van der Waals surface area contributed by atoms with Gasteiger partial charge in [0.15, 0.2) is 11.5 Å². The molecule has 0 spiro atoms. The van der Waals surface area contributed by atoms with E-state index >= 15 is 0 Å². The molecular weight excluding hydrogens is 360 g/mol. The van der Waals surface area contributed by atoms with Crippen LogP contribution >= 0.6 is 11.6 Å². The number of likely N-dealkylation sites (tertiary alicyclic amines) is 1. The van der Waals surface area contributed by atoms with Crippen molar-refractivity contribution >= 4 is 17.5 Å². The van der Waals surface area contributed by atoms with Crippen LogP contribution in [0, 0.1) is 5.92 Å². The molecule has 2 aromatic carbocycles. The second-order valence-electron chi connectivity index (χ2n) is 7.01. The van der Waals surface area contributed by atoms with E-state index in [1.165, 1.54) is 5.56 Å². The van der Waals surface area contributed by atoms with Crippen LogP contribution in [0.1, 0.15) is 28.9 Å². The Bertz CT molecular complexity index is 898. The van der Waals surface area contributed by atoms with Gasteiger partial charge in [-0.15, -0.1) is 0 Å². The van der Waals surface area contributed by atoms with E-state index < -0.39 is 0 Å². The second kappa shape index (κ2) is 7.97. The van der Waals surface area contributed by atoms with Crippen LogP contribution in [0.25, 0.3) is 11.3 Å². The minimum atomic E-state index is -0.0582.